The SMILES string of the molecule is O=C1CCCC1c1nc(-c2ncccc2Br)no1. The maximum Gasteiger partial charge on any atom is 0.237 e. The first-order chi connectivity index (χ1) is 8.75. The van der Waals surface area contributed by atoms with E-state index < -0.39 is 0 Å². The molecule has 0 bridgehead atoms. The van der Waals surface area contributed by atoms with Gasteiger partial charge in [-0.05, 0) is 40.9 Å². The zero-order valence-corrected chi connectivity index (χ0v) is 11.1. The molecule has 0 spiro atoms. The van der Waals surface area contributed by atoms with Crippen LogP contribution >= 0.6 is 15.9 Å². The van der Waals surface area contributed by atoms with E-state index in [1.54, 1.807) is 6.20 Å². The van der Waals surface area contributed by atoms with Crippen LogP contribution in [0.1, 0.15) is 31.1 Å². The van der Waals surface area contributed by atoms with Gasteiger partial charge in [-0.25, -0.2) is 0 Å². The predicted molar refractivity (Wildman–Crippen MR) is 66.8 cm³/mol. The second kappa shape index (κ2) is 4.61. The summed E-state index contributed by atoms with van der Waals surface area (Å²) in [6, 6.07) is 3.67. The van der Waals surface area contributed by atoms with Gasteiger partial charge < -0.3 is 4.52 Å². The van der Waals surface area contributed by atoms with E-state index in [2.05, 4.69) is 31.1 Å². The largest absolute Gasteiger partial charge is 0.338 e. The van der Waals surface area contributed by atoms with Crippen LogP contribution < -0.4 is 0 Å². The van der Waals surface area contributed by atoms with Crippen LogP contribution in [0.2, 0.25) is 0 Å². The number of carbonyl (C=O) groups is 1. The summed E-state index contributed by atoms with van der Waals surface area (Å²) in [5.74, 6) is 0.779. The first kappa shape index (κ1) is 11.5. The minimum absolute atomic E-state index is 0.185. The molecule has 5 nitrogen and oxygen atoms in total. The Balaban J connectivity index is 1.95. The van der Waals surface area contributed by atoms with Crippen LogP contribution in [0, 0.1) is 0 Å². The number of carbonyl (C=O) groups excluding carboxylic acids is 1. The van der Waals surface area contributed by atoms with Crippen molar-refractivity contribution < 1.29 is 9.32 Å². The van der Waals surface area contributed by atoms with Crippen LogP contribution in [0.4, 0.5) is 0 Å². The van der Waals surface area contributed by atoms with E-state index in [1.807, 2.05) is 12.1 Å². The molecule has 18 heavy (non-hydrogen) atoms. The standard InChI is InChI=1S/C12H10BrN3O2/c13-8-4-2-6-14-10(8)11-15-12(18-16-11)7-3-1-5-9(7)17/h2,4,6-7H,1,3,5H2. The molecule has 0 amide bonds. The number of hydrogen-bond acceptors (Lipinski definition) is 5. The topological polar surface area (TPSA) is 68.9 Å². The van der Waals surface area contributed by atoms with E-state index in [0.717, 1.165) is 17.3 Å². The third-order valence-electron chi connectivity index (χ3n) is 3.01. The lowest BCUT2D eigenvalue weighted by Gasteiger charge is -1.98. The molecular weight excluding hydrogens is 298 g/mol. The molecule has 0 N–H and O–H groups in total. The molecule has 92 valence electrons. The zero-order chi connectivity index (χ0) is 12.5. The summed E-state index contributed by atoms with van der Waals surface area (Å²) in [5.41, 5.74) is 0.623. The Morgan fingerprint density at radius 3 is 3.06 bits per heavy atom. The molecule has 1 fully saturated rings. The molecule has 1 unspecified atom stereocenters. The molecule has 2 aromatic heterocycles. The van der Waals surface area contributed by atoms with Crippen LogP contribution in [0.15, 0.2) is 27.3 Å². The number of hydrogen-bond donors (Lipinski definition) is 0. The van der Waals surface area contributed by atoms with Crippen LogP contribution in [0.5, 0.6) is 0 Å². The van der Waals surface area contributed by atoms with Crippen LogP contribution in [0.3, 0.4) is 0 Å². The van der Waals surface area contributed by atoms with Crippen LogP contribution in [-0.4, -0.2) is 20.9 Å². The van der Waals surface area contributed by atoms with E-state index in [4.69, 9.17) is 4.52 Å². The first-order valence-corrected chi connectivity index (χ1v) is 6.52. The highest BCUT2D eigenvalue weighted by Gasteiger charge is 2.31. The highest BCUT2D eigenvalue weighted by molar-refractivity contribution is 9.10. The molecule has 0 aromatic carbocycles. The van der Waals surface area contributed by atoms with Gasteiger partial charge in [0, 0.05) is 17.1 Å². The van der Waals surface area contributed by atoms with Gasteiger partial charge >= 0.3 is 0 Å². The summed E-state index contributed by atoms with van der Waals surface area (Å²) in [6.45, 7) is 0. The summed E-state index contributed by atoms with van der Waals surface area (Å²) in [5, 5.41) is 3.90. The van der Waals surface area contributed by atoms with Crippen LogP contribution in [0.25, 0.3) is 11.5 Å². The minimum atomic E-state index is -0.228. The molecule has 1 saturated carbocycles. The number of aromatic nitrogens is 3. The Kier molecular flexibility index (Phi) is 2.95. The van der Waals surface area contributed by atoms with Crippen molar-refractivity contribution in [2.75, 3.05) is 0 Å². The molecule has 2 heterocycles. The molecule has 0 saturated heterocycles. The molecule has 3 rings (SSSR count). The lowest BCUT2D eigenvalue weighted by molar-refractivity contribution is -0.119. The lowest BCUT2D eigenvalue weighted by atomic mass is 10.1. The highest BCUT2D eigenvalue weighted by atomic mass is 79.9. The van der Waals surface area contributed by atoms with Gasteiger partial charge in [0.1, 0.15) is 11.5 Å². The molecule has 1 aliphatic carbocycles. The van der Waals surface area contributed by atoms with Crippen LogP contribution in [-0.2, 0) is 4.79 Å². The van der Waals surface area contributed by atoms with Crippen molar-refractivity contribution >= 4 is 21.7 Å². The van der Waals surface area contributed by atoms with Gasteiger partial charge in [-0.15, -0.1) is 0 Å². The van der Waals surface area contributed by atoms with Gasteiger partial charge in [0.2, 0.25) is 11.7 Å². The maximum atomic E-state index is 11.6. The van der Waals surface area contributed by atoms with E-state index in [9.17, 15) is 4.79 Å². The Labute approximate surface area is 112 Å². The van der Waals surface area contributed by atoms with Crippen molar-refractivity contribution in [1.82, 2.24) is 15.1 Å². The lowest BCUT2D eigenvalue weighted by Crippen LogP contribution is -2.04. The van der Waals surface area contributed by atoms with Crippen molar-refractivity contribution in [3.63, 3.8) is 0 Å². The normalized spacial score (nSPS) is 19.4. The van der Waals surface area contributed by atoms with Gasteiger partial charge in [-0.1, -0.05) is 5.16 Å². The van der Waals surface area contributed by atoms with Crippen molar-refractivity contribution in [3.8, 4) is 11.5 Å². The summed E-state index contributed by atoms with van der Waals surface area (Å²) in [7, 11) is 0. The number of nitrogens with zero attached hydrogens (tertiary/aromatic N) is 3. The quantitative estimate of drug-likeness (QED) is 0.853. The third-order valence-corrected chi connectivity index (χ3v) is 3.65. The number of pyridine rings is 1. The van der Waals surface area contributed by atoms with Gasteiger partial charge in [0.25, 0.3) is 0 Å². The Bertz CT molecular complexity index is 597. The highest BCUT2D eigenvalue weighted by Crippen LogP contribution is 2.31. The summed E-state index contributed by atoms with van der Waals surface area (Å²) in [6.07, 6.45) is 3.96. The maximum absolute atomic E-state index is 11.6. The fourth-order valence-electron chi connectivity index (χ4n) is 2.10. The first-order valence-electron chi connectivity index (χ1n) is 5.73. The Morgan fingerprint density at radius 1 is 1.44 bits per heavy atom. The van der Waals surface area contributed by atoms with Crippen molar-refractivity contribution in [2.24, 2.45) is 0 Å². The average Bonchev–Trinajstić information content (AvgIpc) is 2.98. The van der Waals surface area contributed by atoms with Crippen molar-refractivity contribution in [1.29, 1.82) is 0 Å². The Morgan fingerprint density at radius 2 is 2.33 bits per heavy atom. The monoisotopic (exact) mass is 307 g/mol. The fraction of sp³-hybridized carbons (Fsp3) is 0.333. The second-order valence-electron chi connectivity index (χ2n) is 4.20. The van der Waals surface area contributed by atoms with E-state index in [1.165, 1.54) is 0 Å². The molecule has 2 aromatic rings. The van der Waals surface area contributed by atoms with Gasteiger partial charge in [0.15, 0.2) is 0 Å². The summed E-state index contributed by atoms with van der Waals surface area (Å²) < 4.78 is 5.99. The molecule has 1 atom stereocenters. The number of halogens is 1. The van der Waals surface area contributed by atoms with E-state index >= 15 is 0 Å². The second-order valence-corrected chi connectivity index (χ2v) is 5.06. The van der Waals surface area contributed by atoms with Gasteiger partial charge in [0.05, 0.1) is 5.92 Å². The Hall–Kier alpha value is -1.56. The smallest absolute Gasteiger partial charge is 0.237 e. The number of Topliss-reactive ketones (excluding diaryl/α,β-unsaturated/α-hetero) is 1. The molecule has 1 aliphatic rings. The molecular formula is C12H10BrN3O2. The average molecular weight is 308 g/mol. The van der Waals surface area contributed by atoms with E-state index in [-0.39, 0.29) is 11.7 Å². The fourth-order valence-corrected chi connectivity index (χ4v) is 2.53. The number of rotatable bonds is 2. The number of ketones is 1. The van der Waals surface area contributed by atoms with Gasteiger partial charge in [-0.3, -0.25) is 9.78 Å². The minimum Gasteiger partial charge on any atom is -0.338 e. The zero-order valence-electron chi connectivity index (χ0n) is 9.47. The molecule has 6 heteroatoms. The molecule has 0 radical (unpaired) electrons. The third kappa shape index (κ3) is 1.96. The summed E-state index contributed by atoms with van der Waals surface area (Å²) >= 11 is 3.39. The van der Waals surface area contributed by atoms with E-state index in [0.29, 0.717) is 23.8 Å². The predicted octanol–water partition coefficient (Wildman–Crippen LogP) is 2.73. The van der Waals surface area contributed by atoms with Gasteiger partial charge in [-0.2, -0.15) is 4.98 Å². The summed E-state index contributed by atoms with van der Waals surface area (Å²) in [4.78, 5) is 20.1. The van der Waals surface area contributed by atoms with Crippen molar-refractivity contribution in [3.05, 3.63) is 28.7 Å². The van der Waals surface area contributed by atoms with Crippen molar-refractivity contribution in [2.45, 2.75) is 25.2 Å². The molecule has 0 aliphatic heterocycles.